The monoisotopic (exact) mass is 442 g/mol. The van der Waals surface area contributed by atoms with Crippen LogP contribution in [0.5, 0.6) is 0 Å². The van der Waals surface area contributed by atoms with Crippen LogP contribution in [0.3, 0.4) is 0 Å². The van der Waals surface area contributed by atoms with Gasteiger partial charge in [0.1, 0.15) is 17.1 Å². The van der Waals surface area contributed by atoms with Crippen molar-refractivity contribution in [2.24, 2.45) is 0 Å². The van der Waals surface area contributed by atoms with E-state index in [2.05, 4.69) is 5.43 Å². The molecular formula is C21H12Cl2N2O5. The van der Waals surface area contributed by atoms with E-state index >= 15 is 0 Å². The Labute approximate surface area is 180 Å². The van der Waals surface area contributed by atoms with Crippen LogP contribution >= 0.6 is 23.2 Å². The van der Waals surface area contributed by atoms with Crippen molar-refractivity contribution in [2.45, 2.75) is 0 Å². The third-order valence-electron chi connectivity index (χ3n) is 4.37. The predicted octanol–water partition coefficient (Wildman–Crippen LogP) is 4.41. The van der Waals surface area contributed by atoms with Crippen molar-refractivity contribution in [2.75, 3.05) is 5.01 Å². The van der Waals surface area contributed by atoms with E-state index in [4.69, 9.17) is 32.7 Å². The number of aromatic carboxylic acids is 1. The molecule has 0 saturated carbocycles. The van der Waals surface area contributed by atoms with Crippen molar-refractivity contribution in [3.63, 3.8) is 0 Å². The Morgan fingerprint density at radius 1 is 1.03 bits per heavy atom. The molecule has 1 aliphatic rings. The number of halogens is 2. The molecule has 150 valence electrons. The summed E-state index contributed by atoms with van der Waals surface area (Å²) in [5.41, 5.74) is 3.40. The highest BCUT2D eigenvalue weighted by atomic mass is 35.5. The Balaban J connectivity index is 1.60. The van der Waals surface area contributed by atoms with Gasteiger partial charge in [-0.25, -0.2) is 9.80 Å². The van der Waals surface area contributed by atoms with E-state index in [0.717, 1.165) is 5.01 Å². The van der Waals surface area contributed by atoms with Crippen LogP contribution < -0.4 is 10.4 Å². The zero-order valence-corrected chi connectivity index (χ0v) is 16.6. The minimum absolute atomic E-state index is 0.0233. The summed E-state index contributed by atoms with van der Waals surface area (Å²) < 4.78 is 5.69. The van der Waals surface area contributed by atoms with E-state index in [1.165, 1.54) is 18.2 Å². The molecule has 0 aliphatic carbocycles. The number of nitrogens with one attached hydrogen (secondary N) is 1. The lowest BCUT2D eigenvalue weighted by atomic mass is 10.1. The van der Waals surface area contributed by atoms with Crippen LogP contribution in [0, 0.1) is 0 Å². The van der Waals surface area contributed by atoms with Gasteiger partial charge in [-0.15, -0.1) is 0 Å². The number of carboxylic acid groups (broad SMARTS) is 1. The molecule has 1 aromatic heterocycles. The van der Waals surface area contributed by atoms with Crippen molar-refractivity contribution in [1.82, 2.24) is 5.43 Å². The number of hydrogen-bond donors (Lipinski definition) is 2. The summed E-state index contributed by atoms with van der Waals surface area (Å²) in [6.45, 7) is 0. The number of amides is 2. The van der Waals surface area contributed by atoms with Crippen LogP contribution in [-0.2, 0) is 9.59 Å². The van der Waals surface area contributed by atoms with Crippen LogP contribution in [0.15, 0.2) is 64.6 Å². The van der Waals surface area contributed by atoms with Crippen LogP contribution in [0.4, 0.5) is 5.69 Å². The molecule has 0 bridgehead atoms. The summed E-state index contributed by atoms with van der Waals surface area (Å²) in [5.74, 6) is -1.55. The van der Waals surface area contributed by atoms with Gasteiger partial charge in [0.05, 0.1) is 16.3 Å². The lowest BCUT2D eigenvalue weighted by Gasteiger charge is -2.14. The van der Waals surface area contributed by atoms with Crippen LogP contribution in [0.2, 0.25) is 10.0 Å². The molecule has 0 unspecified atom stereocenters. The average Bonchev–Trinajstić information content (AvgIpc) is 3.29. The van der Waals surface area contributed by atoms with Crippen LogP contribution in [0.1, 0.15) is 16.1 Å². The zero-order valence-electron chi connectivity index (χ0n) is 15.1. The van der Waals surface area contributed by atoms with Crippen LogP contribution in [-0.4, -0.2) is 22.9 Å². The molecule has 1 aliphatic heterocycles. The molecule has 0 spiro atoms. The molecule has 0 atom stereocenters. The van der Waals surface area contributed by atoms with Crippen molar-refractivity contribution in [3.05, 3.63) is 81.5 Å². The Bertz CT molecular complexity index is 1210. The maximum atomic E-state index is 12.7. The van der Waals surface area contributed by atoms with Crippen molar-refractivity contribution < 1.29 is 23.9 Å². The molecule has 2 N–H and O–H groups in total. The third kappa shape index (κ3) is 3.68. The topological polar surface area (TPSA) is 99.9 Å². The van der Waals surface area contributed by atoms with Gasteiger partial charge in [0.2, 0.25) is 0 Å². The van der Waals surface area contributed by atoms with Crippen molar-refractivity contribution in [1.29, 1.82) is 0 Å². The van der Waals surface area contributed by atoms with Gasteiger partial charge in [-0.05, 0) is 54.6 Å². The van der Waals surface area contributed by atoms with Crippen molar-refractivity contribution in [3.8, 4) is 11.3 Å². The molecule has 30 heavy (non-hydrogen) atoms. The number of carbonyl (C=O) groups is 3. The first kappa shape index (κ1) is 19.8. The molecular weight excluding hydrogens is 431 g/mol. The standard InChI is InChI=1S/C21H12Cl2N2O5/c22-12-2-4-13(5-3-12)25-20(27)16(19(26)24-25)10-14-6-8-18(30-14)11-1-7-15(21(28)29)17(23)9-11/h1-10H,(H,24,26)(H,28,29)/b16-10-. The fourth-order valence-corrected chi connectivity index (χ4v) is 3.29. The normalized spacial score (nSPS) is 15.0. The summed E-state index contributed by atoms with van der Waals surface area (Å²) in [4.78, 5) is 36.0. The number of benzene rings is 2. The number of rotatable bonds is 4. The second kappa shape index (κ2) is 7.70. The van der Waals surface area contributed by atoms with E-state index in [-0.39, 0.29) is 21.9 Å². The number of hydrazine groups is 1. The van der Waals surface area contributed by atoms with Crippen molar-refractivity contribution >= 4 is 52.7 Å². The number of hydrogen-bond acceptors (Lipinski definition) is 4. The summed E-state index contributed by atoms with van der Waals surface area (Å²) in [5, 5.41) is 10.8. The highest BCUT2D eigenvalue weighted by Gasteiger charge is 2.34. The van der Waals surface area contributed by atoms with Gasteiger partial charge in [-0.2, -0.15) is 0 Å². The summed E-state index contributed by atoms with van der Waals surface area (Å²) in [6.07, 6.45) is 1.34. The molecule has 2 aromatic carbocycles. The fraction of sp³-hybridized carbons (Fsp3) is 0. The SMILES string of the molecule is O=C1NN(c2ccc(Cl)cc2)C(=O)/C1=C\c1ccc(-c2ccc(C(=O)O)c(Cl)c2)o1. The van der Waals surface area contributed by atoms with Gasteiger partial charge >= 0.3 is 5.97 Å². The van der Waals surface area contributed by atoms with E-state index in [1.807, 2.05) is 0 Å². The van der Waals surface area contributed by atoms with E-state index in [1.54, 1.807) is 42.5 Å². The molecule has 2 amide bonds. The average molecular weight is 443 g/mol. The molecule has 0 radical (unpaired) electrons. The molecule has 3 aromatic rings. The Morgan fingerprint density at radius 2 is 1.77 bits per heavy atom. The number of nitrogens with zero attached hydrogens (tertiary/aromatic N) is 1. The summed E-state index contributed by atoms with van der Waals surface area (Å²) >= 11 is 11.8. The lowest BCUT2D eigenvalue weighted by Crippen LogP contribution is -2.35. The predicted molar refractivity (Wildman–Crippen MR) is 111 cm³/mol. The second-order valence-electron chi connectivity index (χ2n) is 6.32. The third-order valence-corrected chi connectivity index (χ3v) is 4.94. The van der Waals surface area contributed by atoms with Gasteiger partial charge in [0.15, 0.2) is 0 Å². The second-order valence-corrected chi connectivity index (χ2v) is 7.16. The first-order valence-corrected chi connectivity index (χ1v) is 9.35. The maximum absolute atomic E-state index is 12.7. The van der Waals surface area contributed by atoms with E-state index < -0.39 is 17.8 Å². The highest BCUT2D eigenvalue weighted by Crippen LogP contribution is 2.29. The molecule has 1 fully saturated rings. The summed E-state index contributed by atoms with van der Waals surface area (Å²) in [7, 11) is 0. The van der Waals surface area contributed by atoms with E-state index in [0.29, 0.717) is 22.0 Å². The smallest absolute Gasteiger partial charge is 0.337 e. The number of carboxylic acids is 1. The molecule has 4 rings (SSSR count). The van der Waals surface area contributed by atoms with E-state index in [9.17, 15) is 14.4 Å². The lowest BCUT2D eigenvalue weighted by molar-refractivity contribution is -0.117. The van der Waals surface area contributed by atoms with Gasteiger partial charge in [-0.1, -0.05) is 29.3 Å². The zero-order chi connectivity index (χ0) is 21.4. The first-order chi connectivity index (χ1) is 14.3. The quantitative estimate of drug-likeness (QED) is 0.460. The summed E-state index contributed by atoms with van der Waals surface area (Å²) in [6, 6.07) is 14.1. The highest BCUT2D eigenvalue weighted by molar-refractivity contribution is 6.34. The largest absolute Gasteiger partial charge is 0.478 e. The fourth-order valence-electron chi connectivity index (χ4n) is 2.90. The minimum atomic E-state index is -1.13. The molecule has 2 heterocycles. The molecule has 7 nitrogen and oxygen atoms in total. The molecule has 1 saturated heterocycles. The Kier molecular flexibility index (Phi) is 5.07. The number of furan rings is 1. The maximum Gasteiger partial charge on any atom is 0.337 e. The van der Waals surface area contributed by atoms with Gasteiger partial charge in [0.25, 0.3) is 11.8 Å². The number of anilines is 1. The van der Waals surface area contributed by atoms with Gasteiger partial charge < -0.3 is 9.52 Å². The van der Waals surface area contributed by atoms with Gasteiger partial charge in [0, 0.05) is 10.6 Å². The Morgan fingerprint density at radius 3 is 2.43 bits per heavy atom. The first-order valence-electron chi connectivity index (χ1n) is 8.59. The minimum Gasteiger partial charge on any atom is -0.478 e. The molecule has 9 heteroatoms. The number of carbonyl (C=O) groups excluding carboxylic acids is 2. The van der Waals surface area contributed by atoms with Crippen LogP contribution in [0.25, 0.3) is 17.4 Å². The Hall–Kier alpha value is -3.55. The van der Waals surface area contributed by atoms with Gasteiger partial charge in [-0.3, -0.25) is 15.0 Å².